The van der Waals surface area contributed by atoms with Gasteiger partial charge in [0.1, 0.15) is 11.5 Å². The lowest BCUT2D eigenvalue weighted by Crippen LogP contribution is -2.27. The number of nitrogens with zero attached hydrogens (tertiary/aromatic N) is 2. The second-order valence-corrected chi connectivity index (χ2v) is 16.4. The molecule has 4 aromatic rings. The molecule has 60 heavy (non-hydrogen) atoms. The van der Waals surface area contributed by atoms with Crippen LogP contribution in [0.2, 0.25) is 0 Å². The smallest absolute Gasteiger partial charge is 0.311 e. The van der Waals surface area contributed by atoms with Crippen molar-refractivity contribution >= 4 is 70.2 Å². The predicted molar refractivity (Wildman–Crippen MR) is 226 cm³/mol. The van der Waals surface area contributed by atoms with Crippen LogP contribution in [0.3, 0.4) is 0 Å². The number of aromatic amines is 2. The molecule has 3 aromatic heterocycles. The SMILES string of the molecule is CCC(O)OC(=O)CC(C)(C)CC(=O)Oc1cccc(OC(=O)CC(C)(C)CC(=O)OC(O)CC)c1-c1cc2cc3ccc(cc4nc(cc5nc(cc1[nH]2)C=C5)C=C4)[nH]3. The van der Waals surface area contributed by atoms with E-state index in [1.807, 2.05) is 66.8 Å². The van der Waals surface area contributed by atoms with Crippen LogP contribution < -0.4 is 9.47 Å². The second kappa shape index (κ2) is 18.3. The molecule has 2 aliphatic rings. The molecular formula is C46H50N4O10. The molecule has 0 spiro atoms. The highest BCUT2D eigenvalue weighted by molar-refractivity contribution is 5.95. The van der Waals surface area contributed by atoms with E-state index < -0.39 is 47.3 Å². The van der Waals surface area contributed by atoms with E-state index in [1.165, 1.54) is 0 Å². The van der Waals surface area contributed by atoms with E-state index in [2.05, 4.69) is 9.97 Å². The number of fused-ring (bicyclic) bond motifs is 8. The Labute approximate surface area is 347 Å². The molecule has 5 heterocycles. The van der Waals surface area contributed by atoms with Crippen molar-refractivity contribution in [3.05, 3.63) is 83.4 Å². The van der Waals surface area contributed by atoms with Gasteiger partial charge < -0.3 is 39.1 Å². The van der Waals surface area contributed by atoms with Crippen molar-refractivity contribution in [2.24, 2.45) is 10.8 Å². The van der Waals surface area contributed by atoms with Crippen LogP contribution in [0.25, 0.3) is 57.5 Å². The van der Waals surface area contributed by atoms with Gasteiger partial charge in [0.15, 0.2) is 12.6 Å². The molecule has 1 aromatic carbocycles. The third-order valence-electron chi connectivity index (χ3n) is 9.60. The van der Waals surface area contributed by atoms with Gasteiger partial charge in [-0.2, -0.15) is 0 Å². The highest BCUT2D eigenvalue weighted by Gasteiger charge is 2.31. The van der Waals surface area contributed by atoms with Crippen molar-refractivity contribution < 1.29 is 48.3 Å². The average molecular weight is 819 g/mol. The summed E-state index contributed by atoms with van der Waals surface area (Å²) in [5.74, 6) is -2.50. The lowest BCUT2D eigenvalue weighted by Gasteiger charge is -2.24. The van der Waals surface area contributed by atoms with Crippen LogP contribution in [0.1, 0.15) is 103 Å². The number of hydrogen-bond donors (Lipinski definition) is 4. The van der Waals surface area contributed by atoms with Gasteiger partial charge in [0.25, 0.3) is 0 Å². The molecule has 0 saturated heterocycles. The number of benzene rings is 1. The number of H-pyrrole nitrogens is 2. The minimum absolute atomic E-state index is 0.0756. The Morgan fingerprint density at radius 3 is 1.53 bits per heavy atom. The summed E-state index contributed by atoms with van der Waals surface area (Å²) < 4.78 is 22.2. The van der Waals surface area contributed by atoms with Crippen LogP contribution in [-0.4, -0.2) is 66.6 Å². The van der Waals surface area contributed by atoms with Crippen molar-refractivity contribution in [2.75, 3.05) is 0 Å². The largest absolute Gasteiger partial charge is 0.436 e. The van der Waals surface area contributed by atoms with Gasteiger partial charge in [0.05, 0.1) is 54.0 Å². The minimum Gasteiger partial charge on any atom is -0.436 e. The fourth-order valence-electron chi connectivity index (χ4n) is 6.73. The first-order valence-electron chi connectivity index (χ1n) is 19.8. The van der Waals surface area contributed by atoms with Gasteiger partial charge in [-0.15, -0.1) is 0 Å². The van der Waals surface area contributed by atoms with E-state index in [0.29, 0.717) is 28.0 Å². The quantitative estimate of drug-likeness (QED) is 0.0439. The average Bonchev–Trinajstić information content (AvgIpc) is 3.96. The van der Waals surface area contributed by atoms with E-state index >= 15 is 0 Å². The number of nitrogens with one attached hydrogen (secondary N) is 2. The normalized spacial score (nSPS) is 13.4. The van der Waals surface area contributed by atoms with Crippen molar-refractivity contribution in [3.8, 4) is 22.6 Å². The van der Waals surface area contributed by atoms with Gasteiger partial charge in [-0.3, -0.25) is 19.2 Å². The number of rotatable bonds is 15. The summed E-state index contributed by atoms with van der Waals surface area (Å²) in [5.41, 5.74) is 4.64. The van der Waals surface area contributed by atoms with Crippen LogP contribution in [0.15, 0.2) is 60.7 Å². The van der Waals surface area contributed by atoms with Crippen LogP contribution in [0.5, 0.6) is 11.5 Å². The lowest BCUT2D eigenvalue weighted by molar-refractivity contribution is -0.172. The molecule has 0 aliphatic carbocycles. The first-order chi connectivity index (χ1) is 28.5. The van der Waals surface area contributed by atoms with Crippen LogP contribution >= 0.6 is 0 Å². The first-order valence-corrected chi connectivity index (χ1v) is 19.8. The zero-order chi connectivity index (χ0) is 43.2. The Balaban J connectivity index is 1.44. The van der Waals surface area contributed by atoms with Crippen molar-refractivity contribution in [1.82, 2.24) is 19.9 Å². The third kappa shape index (κ3) is 11.6. The molecule has 14 heteroatoms. The fraction of sp³-hybridized carbons (Fsp3) is 0.348. The monoisotopic (exact) mass is 818 g/mol. The summed E-state index contributed by atoms with van der Waals surface area (Å²) in [6.45, 7) is 10.2. The molecule has 0 fully saturated rings. The van der Waals surface area contributed by atoms with Crippen molar-refractivity contribution in [1.29, 1.82) is 0 Å². The second-order valence-electron chi connectivity index (χ2n) is 16.4. The molecule has 2 unspecified atom stereocenters. The third-order valence-corrected chi connectivity index (χ3v) is 9.60. The standard InChI is InChI=1S/C46H50N4O10/c1-7-38(51)59-42(55)25-45(3,4)23-40(53)57-36-10-9-11-37(58-41(54)24-46(5,6)26-43(56)60-39(52)8-2)44(36)34-21-33-20-31-15-14-29(48-31)18-27-12-13-28(47-27)19-30-16-17-32(49-30)22-35(34)50-33/h9-22,38-39,48,50-52H,7-8,23-26H2,1-6H3. The van der Waals surface area contributed by atoms with E-state index in [9.17, 15) is 29.4 Å². The maximum atomic E-state index is 13.7. The van der Waals surface area contributed by atoms with Gasteiger partial charge in [-0.1, -0.05) is 47.6 Å². The Morgan fingerprint density at radius 1 is 0.583 bits per heavy atom. The molecule has 4 N–H and O–H groups in total. The molecule has 2 aliphatic heterocycles. The molecule has 314 valence electrons. The van der Waals surface area contributed by atoms with Crippen LogP contribution in [0.4, 0.5) is 0 Å². The van der Waals surface area contributed by atoms with Gasteiger partial charge >= 0.3 is 23.9 Å². The Hall–Kier alpha value is -6.38. The van der Waals surface area contributed by atoms with E-state index in [0.717, 1.165) is 22.4 Å². The van der Waals surface area contributed by atoms with Crippen molar-refractivity contribution in [3.63, 3.8) is 0 Å². The summed E-state index contributed by atoms with van der Waals surface area (Å²) >= 11 is 0. The number of hydrogen-bond acceptors (Lipinski definition) is 12. The van der Waals surface area contributed by atoms with E-state index in [4.69, 9.17) is 28.9 Å². The first kappa shape index (κ1) is 43.2. The topological polar surface area (TPSA) is 203 Å². The number of aromatic nitrogens is 4. The Bertz CT molecular complexity index is 2440. The Morgan fingerprint density at radius 2 is 1.03 bits per heavy atom. The zero-order valence-corrected chi connectivity index (χ0v) is 34.5. The van der Waals surface area contributed by atoms with E-state index in [1.54, 1.807) is 59.7 Å². The number of aliphatic hydroxyl groups excluding tert-OH is 2. The van der Waals surface area contributed by atoms with Crippen molar-refractivity contribution in [2.45, 2.75) is 92.6 Å². The summed E-state index contributed by atoms with van der Waals surface area (Å²) in [6, 6.07) is 18.0. The van der Waals surface area contributed by atoms with Crippen LogP contribution in [0, 0.1) is 10.8 Å². The maximum Gasteiger partial charge on any atom is 0.311 e. The molecule has 6 rings (SSSR count). The molecule has 14 nitrogen and oxygen atoms in total. The Kier molecular flexibility index (Phi) is 13.2. The summed E-state index contributed by atoms with van der Waals surface area (Å²) in [4.78, 5) is 68.8. The summed E-state index contributed by atoms with van der Waals surface area (Å²) in [5, 5.41) is 19.6. The number of ether oxygens (including phenoxy) is 4. The van der Waals surface area contributed by atoms with Gasteiger partial charge in [-0.25, -0.2) is 9.97 Å². The number of aliphatic hydroxyl groups is 2. The molecular weight excluding hydrogens is 769 g/mol. The van der Waals surface area contributed by atoms with Crippen LogP contribution in [-0.2, 0) is 28.7 Å². The fourth-order valence-corrected chi connectivity index (χ4v) is 6.73. The minimum atomic E-state index is -1.25. The molecule has 0 saturated carbocycles. The molecule has 0 radical (unpaired) electrons. The lowest BCUT2D eigenvalue weighted by atomic mass is 9.86. The van der Waals surface area contributed by atoms with E-state index in [-0.39, 0.29) is 55.6 Å². The number of carbonyl (C=O) groups excluding carboxylic acids is 4. The summed E-state index contributed by atoms with van der Waals surface area (Å²) in [7, 11) is 0. The maximum absolute atomic E-state index is 13.7. The zero-order valence-electron chi connectivity index (χ0n) is 34.5. The predicted octanol–water partition coefficient (Wildman–Crippen LogP) is 8.29. The molecule has 2 atom stereocenters. The summed E-state index contributed by atoms with van der Waals surface area (Å²) in [6.07, 6.45) is 4.83. The van der Waals surface area contributed by atoms with Gasteiger partial charge in [0, 0.05) is 40.5 Å². The highest BCUT2D eigenvalue weighted by atomic mass is 16.6. The van der Waals surface area contributed by atoms with Gasteiger partial charge in [0.2, 0.25) is 0 Å². The molecule has 0 amide bonds. The molecule has 8 bridgehead atoms. The number of esters is 4. The number of carbonyl (C=O) groups is 4. The van der Waals surface area contributed by atoms with Gasteiger partial charge in [-0.05, 0) is 89.7 Å². The highest BCUT2D eigenvalue weighted by Crippen LogP contribution is 2.43.